The molecule has 0 saturated heterocycles. The minimum Gasteiger partial charge on any atom is -0.395 e. The van der Waals surface area contributed by atoms with Gasteiger partial charge in [-0.15, -0.1) is 0 Å². The molecule has 0 saturated carbocycles. The summed E-state index contributed by atoms with van der Waals surface area (Å²) in [6.45, 7) is 0.254. The van der Waals surface area contributed by atoms with E-state index in [1.165, 1.54) is 4.90 Å². The van der Waals surface area contributed by atoms with E-state index in [9.17, 15) is 10.1 Å². The van der Waals surface area contributed by atoms with Crippen molar-refractivity contribution in [2.24, 2.45) is 0 Å². The third-order valence-corrected chi connectivity index (χ3v) is 2.24. The summed E-state index contributed by atoms with van der Waals surface area (Å²) < 4.78 is 0. The van der Waals surface area contributed by atoms with Gasteiger partial charge in [0, 0.05) is 12.7 Å². The van der Waals surface area contributed by atoms with Crippen LogP contribution < -0.4 is 0 Å². The number of aliphatic hydroxyl groups excluding tert-OH is 1. The Morgan fingerprint density at radius 1 is 1.82 bits per heavy atom. The van der Waals surface area contributed by atoms with Crippen LogP contribution >= 0.6 is 11.8 Å². The van der Waals surface area contributed by atoms with Gasteiger partial charge in [0.1, 0.15) is 0 Å². The van der Waals surface area contributed by atoms with Crippen LogP contribution in [0.1, 0.15) is 0 Å². The first kappa shape index (κ1) is 8.35. The number of hydrogen-bond donors (Lipinski definition) is 1. The highest BCUT2D eigenvalue weighted by atomic mass is 32.2. The molecular formula is C5H8N2O3S. The normalized spacial score (nSPS) is 22.6. The molecule has 1 N–H and O–H groups in total. The van der Waals surface area contributed by atoms with Crippen LogP contribution in [0, 0.1) is 10.1 Å². The molecule has 0 radical (unpaired) electrons. The van der Waals surface area contributed by atoms with E-state index >= 15 is 0 Å². The van der Waals surface area contributed by atoms with E-state index in [2.05, 4.69) is 0 Å². The molecule has 1 unspecified atom stereocenters. The number of thioether (sulfide) groups is 1. The molecule has 5 nitrogen and oxygen atoms in total. The van der Waals surface area contributed by atoms with Gasteiger partial charge in [-0.3, -0.25) is 10.1 Å². The Morgan fingerprint density at radius 2 is 2.55 bits per heavy atom. The molecule has 6 heteroatoms. The van der Waals surface area contributed by atoms with Crippen molar-refractivity contribution < 1.29 is 10.0 Å². The average molecular weight is 176 g/mol. The number of rotatable bonds is 3. The molecule has 0 aliphatic carbocycles. The largest absolute Gasteiger partial charge is 0.395 e. The fourth-order valence-corrected chi connectivity index (χ4v) is 1.61. The monoisotopic (exact) mass is 176 g/mol. The van der Waals surface area contributed by atoms with E-state index in [1.807, 2.05) is 0 Å². The molecule has 0 spiro atoms. The van der Waals surface area contributed by atoms with Gasteiger partial charge in [-0.25, -0.2) is 0 Å². The van der Waals surface area contributed by atoms with Crippen LogP contribution in [0.4, 0.5) is 0 Å². The van der Waals surface area contributed by atoms with Crippen molar-refractivity contribution >= 4 is 11.8 Å². The van der Waals surface area contributed by atoms with Crippen LogP contribution in [0.2, 0.25) is 0 Å². The van der Waals surface area contributed by atoms with E-state index < -0.39 is 5.50 Å². The molecule has 0 fully saturated rings. The van der Waals surface area contributed by atoms with Gasteiger partial charge in [0.25, 0.3) is 0 Å². The lowest BCUT2D eigenvalue weighted by molar-refractivity contribution is -0.516. The maximum atomic E-state index is 10.3. The molecule has 1 heterocycles. The van der Waals surface area contributed by atoms with E-state index in [0.717, 1.165) is 11.8 Å². The lowest BCUT2D eigenvalue weighted by Crippen LogP contribution is -2.33. The Morgan fingerprint density at radius 3 is 3.09 bits per heavy atom. The van der Waals surface area contributed by atoms with Crippen molar-refractivity contribution in [3.8, 4) is 0 Å². The predicted molar refractivity (Wildman–Crippen MR) is 41.3 cm³/mol. The van der Waals surface area contributed by atoms with Crippen LogP contribution in [-0.2, 0) is 0 Å². The average Bonchev–Trinajstić information content (AvgIpc) is 2.36. The summed E-state index contributed by atoms with van der Waals surface area (Å²) >= 11 is 1.13. The SMILES string of the molecule is O=[N+]([O-])C1SC=CN1CCO. The van der Waals surface area contributed by atoms with Gasteiger partial charge < -0.3 is 10.0 Å². The summed E-state index contributed by atoms with van der Waals surface area (Å²) in [6, 6.07) is 0. The molecule has 0 aromatic heterocycles. The van der Waals surface area contributed by atoms with E-state index in [0.29, 0.717) is 6.54 Å². The highest BCUT2D eigenvalue weighted by Gasteiger charge is 2.29. The van der Waals surface area contributed by atoms with Gasteiger partial charge in [0.05, 0.1) is 11.5 Å². The second kappa shape index (κ2) is 3.59. The minimum absolute atomic E-state index is 0.0603. The molecule has 0 aromatic rings. The molecule has 1 aliphatic rings. The lowest BCUT2D eigenvalue weighted by Gasteiger charge is -2.15. The van der Waals surface area contributed by atoms with Crippen LogP contribution in [0.25, 0.3) is 0 Å². The molecule has 62 valence electrons. The topological polar surface area (TPSA) is 66.6 Å². The lowest BCUT2D eigenvalue weighted by atomic mass is 10.6. The maximum absolute atomic E-state index is 10.3. The fraction of sp³-hybridized carbons (Fsp3) is 0.600. The highest BCUT2D eigenvalue weighted by molar-refractivity contribution is 8.02. The van der Waals surface area contributed by atoms with Crippen LogP contribution in [0.5, 0.6) is 0 Å². The van der Waals surface area contributed by atoms with Crippen LogP contribution in [0.15, 0.2) is 11.6 Å². The van der Waals surface area contributed by atoms with Gasteiger partial charge >= 0.3 is 5.50 Å². The molecule has 0 bridgehead atoms. The minimum atomic E-state index is -0.748. The first-order valence-corrected chi connectivity index (χ1v) is 4.02. The Balaban J connectivity index is 2.49. The van der Waals surface area contributed by atoms with Gasteiger partial charge in [0.2, 0.25) is 0 Å². The fourth-order valence-electron chi connectivity index (χ4n) is 0.807. The van der Waals surface area contributed by atoms with Gasteiger partial charge in [-0.05, 0) is 17.2 Å². The zero-order valence-corrected chi connectivity index (χ0v) is 6.53. The zero-order valence-electron chi connectivity index (χ0n) is 5.71. The molecule has 11 heavy (non-hydrogen) atoms. The van der Waals surface area contributed by atoms with Crippen molar-refractivity contribution in [3.05, 3.63) is 21.7 Å². The first-order chi connectivity index (χ1) is 5.25. The number of β-amino-alcohol motifs (C(OH)–C–C–N with tert-alkyl or cyclic N) is 1. The number of hydrogen-bond acceptors (Lipinski definition) is 5. The van der Waals surface area contributed by atoms with Crippen molar-refractivity contribution in [3.63, 3.8) is 0 Å². The van der Waals surface area contributed by atoms with Crippen LogP contribution in [-0.4, -0.2) is 33.6 Å². The Kier molecular flexibility index (Phi) is 2.72. The highest BCUT2D eigenvalue weighted by Crippen LogP contribution is 2.24. The van der Waals surface area contributed by atoms with Crippen LogP contribution in [0.3, 0.4) is 0 Å². The summed E-state index contributed by atoms with van der Waals surface area (Å²) in [5.41, 5.74) is -0.748. The summed E-state index contributed by atoms with van der Waals surface area (Å²) in [5, 5.41) is 20.5. The second-order valence-electron chi connectivity index (χ2n) is 1.99. The Labute approximate surface area is 67.8 Å². The Bertz CT molecular complexity index is 185. The first-order valence-electron chi connectivity index (χ1n) is 3.08. The summed E-state index contributed by atoms with van der Waals surface area (Å²) in [4.78, 5) is 11.4. The van der Waals surface area contributed by atoms with Crippen molar-refractivity contribution in [2.45, 2.75) is 5.50 Å². The summed E-state index contributed by atoms with van der Waals surface area (Å²) in [6.07, 6.45) is 1.62. The number of nitro groups is 1. The van der Waals surface area contributed by atoms with Gasteiger partial charge in [-0.1, -0.05) is 0 Å². The van der Waals surface area contributed by atoms with Crippen molar-refractivity contribution in [2.75, 3.05) is 13.2 Å². The van der Waals surface area contributed by atoms with Gasteiger partial charge in [-0.2, -0.15) is 0 Å². The van der Waals surface area contributed by atoms with E-state index in [1.54, 1.807) is 11.6 Å². The van der Waals surface area contributed by atoms with E-state index in [-0.39, 0.29) is 11.5 Å². The number of aliphatic hydroxyl groups is 1. The third kappa shape index (κ3) is 1.84. The third-order valence-electron chi connectivity index (χ3n) is 1.27. The second-order valence-corrected chi connectivity index (χ2v) is 2.96. The molecular weight excluding hydrogens is 168 g/mol. The molecule has 0 amide bonds. The maximum Gasteiger partial charge on any atom is 0.338 e. The van der Waals surface area contributed by atoms with Crippen molar-refractivity contribution in [1.29, 1.82) is 0 Å². The molecule has 1 atom stereocenters. The standard InChI is InChI=1S/C5H8N2O3S/c8-3-1-6-2-4-11-5(6)7(9)10/h2,4-5,8H,1,3H2. The predicted octanol–water partition coefficient (Wildman–Crippen LogP) is 0.0590. The number of nitrogens with zero attached hydrogens (tertiary/aromatic N) is 2. The van der Waals surface area contributed by atoms with E-state index in [4.69, 9.17) is 5.11 Å². The Hall–Kier alpha value is -0.750. The zero-order chi connectivity index (χ0) is 8.27. The summed E-state index contributed by atoms with van der Waals surface area (Å²) in [5.74, 6) is 0. The molecule has 0 aromatic carbocycles. The molecule has 1 rings (SSSR count). The molecule has 1 aliphatic heterocycles. The smallest absolute Gasteiger partial charge is 0.338 e. The quantitative estimate of drug-likeness (QED) is 0.486. The van der Waals surface area contributed by atoms with Gasteiger partial charge in [0.15, 0.2) is 0 Å². The summed E-state index contributed by atoms with van der Waals surface area (Å²) in [7, 11) is 0. The van der Waals surface area contributed by atoms with Crippen molar-refractivity contribution in [1.82, 2.24) is 4.90 Å².